The lowest BCUT2D eigenvalue weighted by Crippen LogP contribution is -2.28. The van der Waals surface area contributed by atoms with Crippen molar-refractivity contribution >= 4 is 5.91 Å². The summed E-state index contributed by atoms with van der Waals surface area (Å²) in [6.45, 7) is 2.73. The van der Waals surface area contributed by atoms with E-state index in [2.05, 4.69) is 10.3 Å². The van der Waals surface area contributed by atoms with Crippen LogP contribution in [-0.2, 0) is 4.74 Å². The van der Waals surface area contributed by atoms with Crippen LogP contribution in [0.1, 0.15) is 23.2 Å². The van der Waals surface area contributed by atoms with Gasteiger partial charge in [-0.05, 0) is 49.1 Å². The van der Waals surface area contributed by atoms with Crippen LogP contribution in [0.4, 0.5) is 4.39 Å². The third-order valence-corrected chi connectivity index (χ3v) is 4.27. The van der Waals surface area contributed by atoms with Crippen molar-refractivity contribution in [2.45, 2.75) is 12.8 Å². The van der Waals surface area contributed by atoms with E-state index in [1.165, 1.54) is 12.1 Å². The standard InChI is InChI=1S/C20H23FN2O4/c21-17-1-3-18(4-2-17)26-12-9-23-20(24)16-5-8-22-19(13-16)27-14-15-6-10-25-11-7-15/h1-5,8,13,15H,6-7,9-12,14H2,(H,23,24). The summed E-state index contributed by atoms with van der Waals surface area (Å²) < 4.78 is 29.3. The van der Waals surface area contributed by atoms with Gasteiger partial charge >= 0.3 is 0 Å². The fourth-order valence-electron chi connectivity index (χ4n) is 2.71. The molecule has 1 aliphatic rings. The molecule has 1 saturated heterocycles. The average molecular weight is 374 g/mol. The molecule has 1 aromatic carbocycles. The second-order valence-corrected chi connectivity index (χ2v) is 6.31. The molecule has 2 aromatic rings. The van der Waals surface area contributed by atoms with E-state index in [0.717, 1.165) is 26.1 Å². The summed E-state index contributed by atoms with van der Waals surface area (Å²) in [6.07, 6.45) is 3.52. The lowest BCUT2D eigenvalue weighted by molar-refractivity contribution is 0.0490. The molecule has 144 valence electrons. The lowest BCUT2D eigenvalue weighted by atomic mass is 10.0. The predicted octanol–water partition coefficient (Wildman–Crippen LogP) is 2.83. The summed E-state index contributed by atoms with van der Waals surface area (Å²) in [6, 6.07) is 9.01. The van der Waals surface area contributed by atoms with Gasteiger partial charge in [0.25, 0.3) is 5.91 Å². The molecule has 3 rings (SSSR count). The van der Waals surface area contributed by atoms with Gasteiger partial charge in [-0.1, -0.05) is 0 Å². The van der Waals surface area contributed by atoms with E-state index in [-0.39, 0.29) is 18.3 Å². The van der Waals surface area contributed by atoms with Gasteiger partial charge in [0.1, 0.15) is 18.2 Å². The van der Waals surface area contributed by atoms with Crippen molar-refractivity contribution in [2.75, 3.05) is 33.0 Å². The fraction of sp³-hybridized carbons (Fsp3) is 0.400. The number of amides is 1. The van der Waals surface area contributed by atoms with Crippen molar-refractivity contribution in [3.63, 3.8) is 0 Å². The summed E-state index contributed by atoms with van der Waals surface area (Å²) >= 11 is 0. The molecule has 27 heavy (non-hydrogen) atoms. The van der Waals surface area contributed by atoms with E-state index in [1.54, 1.807) is 30.5 Å². The van der Waals surface area contributed by atoms with Crippen molar-refractivity contribution < 1.29 is 23.4 Å². The number of nitrogens with one attached hydrogen (secondary N) is 1. The van der Waals surface area contributed by atoms with Crippen LogP contribution in [0.15, 0.2) is 42.6 Å². The Morgan fingerprint density at radius 3 is 2.74 bits per heavy atom. The highest BCUT2D eigenvalue weighted by Gasteiger charge is 2.15. The Labute approximate surface area is 157 Å². The van der Waals surface area contributed by atoms with Gasteiger partial charge in [0.2, 0.25) is 5.88 Å². The fourth-order valence-corrected chi connectivity index (χ4v) is 2.71. The minimum atomic E-state index is -0.316. The zero-order chi connectivity index (χ0) is 18.9. The molecule has 0 radical (unpaired) electrons. The largest absolute Gasteiger partial charge is 0.492 e. The Morgan fingerprint density at radius 2 is 1.96 bits per heavy atom. The van der Waals surface area contributed by atoms with Gasteiger partial charge < -0.3 is 19.5 Å². The molecule has 1 N–H and O–H groups in total. The number of halogens is 1. The van der Waals surface area contributed by atoms with Crippen molar-refractivity contribution in [3.05, 3.63) is 54.0 Å². The summed E-state index contributed by atoms with van der Waals surface area (Å²) in [7, 11) is 0. The molecule has 0 unspecified atom stereocenters. The molecule has 6 nitrogen and oxygen atoms in total. The number of pyridine rings is 1. The van der Waals surface area contributed by atoms with Crippen LogP contribution in [0.25, 0.3) is 0 Å². The predicted molar refractivity (Wildman–Crippen MR) is 97.5 cm³/mol. The number of rotatable bonds is 8. The molecule has 0 spiro atoms. The van der Waals surface area contributed by atoms with Gasteiger partial charge in [-0.15, -0.1) is 0 Å². The molecule has 2 heterocycles. The maximum Gasteiger partial charge on any atom is 0.251 e. The van der Waals surface area contributed by atoms with Gasteiger partial charge in [0.05, 0.1) is 13.2 Å². The molecule has 1 amide bonds. The van der Waals surface area contributed by atoms with Crippen LogP contribution < -0.4 is 14.8 Å². The van der Waals surface area contributed by atoms with Gasteiger partial charge in [0, 0.05) is 31.0 Å². The van der Waals surface area contributed by atoms with Gasteiger partial charge in [-0.25, -0.2) is 9.37 Å². The number of hydrogen-bond acceptors (Lipinski definition) is 5. The first-order valence-corrected chi connectivity index (χ1v) is 9.04. The Morgan fingerprint density at radius 1 is 1.19 bits per heavy atom. The summed E-state index contributed by atoms with van der Waals surface area (Å²) in [4.78, 5) is 16.4. The number of hydrogen-bond donors (Lipinski definition) is 1. The Hall–Kier alpha value is -2.67. The third-order valence-electron chi connectivity index (χ3n) is 4.27. The topological polar surface area (TPSA) is 69.7 Å². The monoisotopic (exact) mass is 374 g/mol. The van der Waals surface area contributed by atoms with Gasteiger partial charge in [-0.3, -0.25) is 4.79 Å². The van der Waals surface area contributed by atoms with Crippen molar-refractivity contribution in [3.8, 4) is 11.6 Å². The Bertz CT molecular complexity index is 733. The first-order chi connectivity index (χ1) is 13.2. The van der Waals surface area contributed by atoms with Crippen LogP contribution in [-0.4, -0.2) is 43.9 Å². The highest BCUT2D eigenvalue weighted by Crippen LogP contribution is 2.17. The molecule has 1 aliphatic heterocycles. The number of aromatic nitrogens is 1. The van der Waals surface area contributed by atoms with E-state index < -0.39 is 0 Å². The molecule has 0 saturated carbocycles. The molecule has 7 heteroatoms. The third kappa shape index (κ3) is 6.21. The van der Waals surface area contributed by atoms with E-state index in [0.29, 0.717) is 36.3 Å². The maximum atomic E-state index is 12.8. The molecule has 1 fully saturated rings. The number of benzene rings is 1. The molecule has 0 bridgehead atoms. The second-order valence-electron chi connectivity index (χ2n) is 6.31. The number of nitrogens with zero attached hydrogens (tertiary/aromatic N) is 1. The summed E-state index contributed by atoms with van der Waals surface area (Å²) in [5, 5.41) is 2.78. The van der Waals surface area contributed by atoms with E-state index in [9.17, 15) is 9.18 Å². The number of carbonyl (C=O) groups is 1. The van der Waals surface area contributed by atoms with Crippen LogP contribution >= 0.6 is 0 Å². The van der Waals surface area contributed by atoms with E-state index >= 15 is 0 Å². The molecular weight excluding hydrogens is 351 g/mol. The normalized spacial score (nSPS) is 14.6. The van der Waals surface area contributed by atoms with Gasteiger partial charge in [0.15, 0.2) is 0 Å². The van der Waals surface area contributed by atoms with Crippen molar-refractivity contribution in [2.24, 2.45) is 5.92 Å². The molecule has 1 aromatic heterocycles. The Kier molecular flexibility index (Phi) is 6.98. The smallest absolute Gasteiger partial charge is 0.251 e. The van der Waals surface area contributed by atoms with E-state index in [4.69, 9.17) is 14.2 Å². The quantitative estimate of drug-likeness (QED) is 0.720. The Balaban J connectivity index is 1.41. The van der Waals surface area contributed by atoms with Crippen molar-refractivity contribution in [1.29, 1.82) is 0 Å². The van der Waals surface area contributed by atoms with Crippen LogP contribution in [0, 0.1) is 11.7 Å². The minimum Gasteiger partial charge on any atom is -0.492 e. The number of carbonyl (C=O) groups excluding carboxylic acids is 1. The molecule has 0 atom stereocenters. The first-order valence-electron chi connectivity index (χ1n) is 9.04. The zero-order valence-electron chi connectivity index (χ0n) is 15.0. The highest BCUT2D eigenvalue weighted by atomic mass is 19.1. The van der Waals surface area contributed by atoms with Crippen molar-refractivity contribution in [1.82, 2.24) is 10.3 Å². The maximum absolute atomic E-state index is 12.8. The van der Waals surface area contributed by atoms with Crippen LogP contribution in [0.5, 0.6) is 11.6 Å². The van der Waals surface area contributed by atoms with Crippen LogP contribution in [0.3, 0.4) is 0 Å². The average Bonchev–Trinajstić information content (AvgIpc) is 2.72. The SMILES string of the molecule is O=C(NCCOc1ccc(F)cc1)c1ccnc(OCC2CCOCC2)c1. The minimum absolute atomic E-state index is 0.226. The highest BCUT2D eigenvalue weighted by molar-refractivity contribution is 5.94. The molecular formula is C20H23FN2O4. The molecule has 0 aliphatic carbocycles. The van der Waals surface area contributed by atoms with E-state index in [1.807, 2.05) is 0 Å². The first kappa shape index (κ1) is 19.1. The second kappa shape index (κ2) is 9.87. The van der Waals surface area contributed by atoms with Crippen LogP contribution in [0.2, 0.25) is 0 Å². The summed E-state index contributed by atoms with van der Waals surface area (Å²) in [5.74, 6) is 0.913. The zero-order valence-corrected chi connectivity index (χ0v) is 15.0. The number of ether oxygens (including phenoxy) is 3. The lowest BCUT2D eigenvalue weighted by Gasteiger charge is -2.21. The van der Waals surface area contributed by atoms with Gasteiger partial charge in [-0.2, -0.15) is 0 Å². The summed E-state index contributed by atoms with van der Waals surface area (Å²) in [5.41, 5.74) is 0.480.